The molecule has 0 aliphatic carbocycles. The highest BCUT2D eigenvalue weighted by atomic mass is 80.0. The van der Waals surface area contributed by atoms with E-state index in [9.17, 15) is 0 Å². The second-order valence-electron chi connectivity index (χ2n) is 2.24. The van der Waals surface area contributed by atoms with Gasteiger partial charge in [0.2, 0.25) is 0 Å². The molecule has 0 fully saturated rings. The lowest BCUT2D eigenvalue weighted by molar-refractivity contribution is 0.0650. The normalized spacial score (nSPS) is 9.33. The monoisotopic (exact) mass is 604 g/mol. The molecule has 0 rings (SSSR count). The highest BCUT2D eigenvalue weighted by Crippen LogP contribution is 2.59. The molecule has 0 unspecified atom stereocenters. The van der Waals surface area contributed by atoms with Gasteiger partial charge in [0.25, 0.3) is 0 Å². The van der Waals surface area contributed by atoms with E-state index in [1.54, 1.807) is 0 Å². The van der Waals surface area contributed by atoms with Gasteiger partial charge in [0.05, 0.1) is 39.6 Å². The Labute approximate surface area is 151 Å². The Hall–Kier alpha value is 2.67. The van der Waals surface area contributed by atoms with Crippen LogP contribution in [0.2, 0.25) is 0 Å². The molecule has 4 nitrogen and oxygen atoms in total. The van der Waals surface area contributed by atoms with Crippen molar-refractivity contribution in [2.75, 3.05) is 50.3 Å². The van der Waals surface area contributed by atoms with Crippen LogP contribution in [-0.4, -0.2) is 60.5 Å². The van der Waals surface area contributed by atoms with Crippen molar-refractivity contribution in [3.8, 4) is 0 Å². The largest absolute Gasteiger partial charge is 0.394 e. The average Bonchev–Trinajstić information content (AvgIpc) is 2.31. The third kappa shape index (κ3) is 51.2. The lowest BCUT2D eigenvalue weighted by atomic mass is 10.7. The number of aliphatic hydroxyl groups excluding tert-OH is 2. The SMILES string of the molecule is BrCCOCCBr.BrP(Br)Br.OCCOCCO. The van der Waals surface area contributed by atoms with E-state index in [1.165, 1.54) is 0 Å². The summed E-state index contributed by atoms with van der Waals surface area (Å²) in [4.78, 5) is 0. The maximum absolute atomic E-state index is 8.09. The van der Waals surface area contributed by atoms with Crippen LogP contribution in [0.4, 0.5) is 0 Å². The highest BCUT2D eigenvalue weighted by molar-refractivity contribution is 9.93. The molecule has 0 atom stereocenters. The van der Waals surface area contributed by atoms with Crippen LogP contribution in [0.3, 0.4) is 0 Å². The molecular formula is C8H18Br5O4P. The molecule has 0 saturated heterocycles. The van der Waals surface area contributed by atoms with E-state index in [1.807, 2.05) is 0 Å². The molecule has 0 aromatic carbocycles. The summed E-state index contributed by atoms with van der Waals surface area (Å²) in [5.41, 5.74) is 0. The minimum atomic E-state index is -0.183. The first kappa shape index (κ1) is 25.6. The van der Waals surface area contributed by atoms with Crippen LogP contribution in [0.1, 0.15) is 0 Å². The third-order valence-corrected chi connectivity index (χ3v) is 1.56. The molecule has 0 saturated carbocycles. The zero-order chi connectivity index (χ0) is 14.6. The standard InChI is InChI=1S/C4H8Br2O.C4H10O3.Br3P/c2*5-1-3-7-4-2-6;1-4(2)3/h1-4H2;5-6H,1-4H2;. The van der Waals surface area contributed by atoms with Gasteiger partial charge in [0, 0.05) is 10.7 Å². The lowest BCUT2D eigenvalue weighted by Gasteiger charge is -1.94. The molecule has 0 aromatic heterocycles. The van der Waals surface area contributed by atoms with E-state index in [4.69, 9.17) is 14.9 Å². The van der Waals surface area contributed by atoms with Crippen molar-refractivity contribution in [2.24, 2.45) is 0 Å². The zero-order valence-electron chi connectivity index (χ0n) is 9.70. The molecule has 0 aromatic rings. The van der Waals surface area contributed by atoms with E-state index in [0.29, 0.717) is 13.2 Å². The van der Waals surface area contributed by atoms with Gasteiger partial charge in [-0.15, -0.1) is 0 Å². The van der Waals surface area contributed by atoms with Crippen molar-refractivity contribution in [1.29, 1.82) is 0 Å². The van der Waals surface area contributed by atoms with E-state index in [2.05, 4.69) is 83.1 Å². The van der Waals surface area contributed by atoms with Crippen LogP contribution in [0.15, 0.2) is 0 Å². The molecule has 114 valence electrons. The van der Waals surface area contributed by atoms with Crippen molar-refractivity contribution < 1.29 is 19.7 Å². The van der Waals surface area contributed by atoms with Gasteiger partial charge in [-0.25, -0.2) is 0 Å². The van der Waals surface area contributed by atoms with Gasteiger partial charge in [-0.2, -0.15) is 0 Å². The van der Waals surface area contributed by atoms with E-state index < -0.39 is 0 Å². The quantitative estimate of drug-likeness (QED) is 0.247. The molecule has 0 amide bonds. The fourth-order valence-electron chi connectivity index (χ4n) is 0.442. The van der Waals surface area contributed by atoms with Crippen molar-refractivity contribution in [3.63, 3.8) is 0 Å². The fourth-order valence-corrected chi connectivity index (χ4v) is 0.900. The Balaban J connectivity index is -0.000000196. The number of hydrogen-bond acceptors (Lipinski definition) is 4. The van der Waals surface area contributed by atoms with Gasteiger partial charge in [0.1, 0.15) is 4.03 Å². The van der Waals surface area contributed by atoms with Crippen molar-refractivity contribution in [2.45, 2.75) is 0 Å². The number of rotatable bonds is 8. The van der Waals surface area contributed by atoms with Crippen LogP contribution >= 0.6 is 82.4 Å². The first-order valence-corrected chi connectivity index (χ1v) is 14.5. The Morgan fingerprint density at radius 1 is 0.722 bits per heavy atom. The Morgan fingerprint density at radius 2 is 1.00 bits per heavy atom. The molecule has 10 heteroatoms. The summed E-state index contributed by atoms with van der Waals surface area (Å²) in [6, 6.07) is 0. The summed E-state index contributed by atoms with van der Waals surface area (Å²) in [5, 5.41) is 18.0. The molecule has 0 spiro atoms. The van der Waals surface area contributed by atoms with Crippen molar-refractivity contribution in [1.82, 2.24) is 0 Å². The summed E-state index contributed by atoms with van der Waals surface area (Å²) in [5.74, 6) is 0. The van der Waals surface area contributed by atoms with Gasteiger partial charge in [-0.1, -0.05) is 31.9 Å². The maximum atomic E-state index is 8.09. The maximum Gasteiger partial charge on any atom is 0.103 e. The molecule has 0 bridgehead atoms. The van der Waals surface area contributed by atoms with Gasteiger partial charge in [-0.3, -0.25) is 0 Å². The Kier molecular flexibility index (Phi) is 39.7. The average molecular weight is 609 g/mol. The number of ether oxygens (including phenoxy) is 2. The summed E-state index contributed by atoms with van der Waals surface area (Å²) < 4.78 is 9.49. The topological polar surface area (TPSA) is 58.9 Å². The first-order valence-electron chi connectivity index (χ1n) is 4.83. The van der Waals surface area contributed by atoms with Crippen molar-refractivity contribution in [3.05, 3.63) is 0 Å². The summed E-state index contributed by atoms with van der Waals surface area (Å²) >= 11 is 16.0. The number of halogens is 5. The van der Waals surface area contributed by atoms with Gasteiger partial charge >= 0.3 is 0 Å². The summed E-state index contributed by atoms with van der Waals surface area (Å²) in [7, 11) is 0. The van der Waals surface area contributed by atoms with Crippen LogP contribution in [0.25, 0.3) is 0 Å². The molecular weight excluding hydrogens is 591 g/mol. The summed E-state index contributed by atoms with van der Waals surface area (Å²) in [6.07, 6.45) is 0. The second kappa shape index (κ2) is 27.9. The van der Waals surface area contributed by atoms with E-state index in [0.717, 1.165) is 23.9 Å². The lowest BCUT2D eigenvalue weighted by Crippen LogP contribution is -2.03. The van der Waals surface area contributed by atoms with Crippen LogP contribution in [-0.2, 0) is 9.47 Å². The van der Waals surface area contributed by atoms with Crippen LogP contribution < -0.4 is 0 Å². The Bertz CT molecular complexity index is 105. The minimum Gasteiger partial charge on any atom is -0.394 e. The van der Waals surface area contributed by atoms with Gasteiger partial charge < -0.3 is 19.7 Å². The predicted octanol–water partition coefficient (Wildman–Crippen LogP) is 4.18. The number of alkyl halides is 2. The van der Waals surface area contributed by atoms with E-state index >= 15 is 0 Å². The van der Waals surface area contributed by atoms with Crippen molar-refractivity contribution >= 4 is 82.4 Å². The molecule has 0 radical (unpaired) electrons. The fraction of sp³-hybridized carbons (Fsp3) is 1.00. The molecule has 18 heavy (non-hydrogen) atoms. The van der Waals surface area contributed by atoms with Crippen LogP contribution in [0, 0.1) is 0 Å². The number of aliphatic hydroxyl groups is 2. The number of hydrogen-bond donors (Lipinski definition) is 2. The van der Waals surface area contributed by atoms with Gasteiger partial charge in [0.15, 0.2) is 0 Å². The molecule has 2 N–H and O–H groups in total. The smallest absolute Gasteiger partial charge is 0.103 e. The Morgan fingerprint density at radius 3 is 1.22 bits per heavy atom. The summed E-state index contributed by atoms with van der Waals surface area (Å²) in [6.45, 7) is 2.32. The molecule has 0 aliphatic heterocycles. The van der Waals surface area contributed by atoms with E-state index in [-0.39, 0.29) is 17.2 Å². The highest BCUT2D eigenvalue weighted by Gasteiger charge is 1.80. The third-order valence-electron chi connectivity index (χ3n) is 0.914. The first-order chi connectivity index (χ1) is 8.56. The van der Waals surface area contributed by atoms with Gasteiger partial charge in [-0.05, 0) is 46.5 Å². The second-order valence-corrected chi connectivity index (χ2v) is 19.2. The minimum absolute atomic E-state index is 0.0278. The van der Waals surface area contributed by atoms with Crippen LogP contribution in [0.5, 0.6) is 0 Å². The predicted molar refractivity (Wildman–Crippen MR) is 97.1 cm³/mol. The zero-order valence-corrected chi connectivity index (χ0v) is 18.5. The molecule has 0 heterocycles. The molecule has 0 aliphatic rings.